The molecule has 0 bridgehead atoms. The predicted molar refractivity (Wildman–Crippen MR) is 107 cm³/mol. The molecule has 146 valence electrons. The van der Waals surface area contributed by atoms with Gasteiger partial charge in [-0.05, 0) is 42.8 Å². The van der Waals surface area contributed by atoms with E-state index in [1.54, 1.807) is 16.8 Å². The lowest BCUT2D eigenvalue weighted by molar-refractivity contribution is -0.139. The molecule has 28 heavy (non-hydrogen) atoms. The number of nitrogens with one attached hydrogen (secondary N) is 1. The first-order chi connectivity index (χ1) is 13.6. The Morgan fingerprint density at radius 1 is 1.18 bits per heavy atom. The van der Waals surface area contributed by atoms with Gasteiger partial charge in [-0.1, -0.05) is 38.0 Å². The molecule has 2 N–H and O–H groups in total. The van der Waals surface area contributed by atoms with Crippen molar-refractivity contribution in [2.75, 3.05) is 0 Å². The molecule has 3 rings (SSSR count). The molecule has 0 amide bonds. The molecular formula is C22H24FN3O2. The fourth-order valence-electron chi connectivity index (χ4n) is 3.06. The summed E-state index contributed by atoms with van der Waals surface area (Å²) in [5.74, 6) is -1.16. The molecule has 2 aromatic carbocycles. The Balaban J connectivity index is 1.90. The third kappa shape index (κ3) is 4.84. The van der Waals surface area contributed by atoms with Gasteiger partial charge in [-0.3, -0.25) is 4.79 Å². The van der Waals surface area contributed by atoms with Crippen LogP contribution >= 0.6 is 0 Å². The summed E-state index contributed by atoms with van der Waals surface area (Å²) < 4.78 is 15.1. The van der Waals surface area contributed by atoms with Gasteiger partial charge in [0.25, 0.3) is 0 Å². The molecule has 0 saturated carbocycles. The number of carboxylic acid groups (broad SMARTS) is 1. The van der Waals surface area contributed by atoms with E-state index in [1.807, 2.05) is 43.5 Å². The van der Waals surface area contributed by atoms with E-state index in [1.165, 1.54) is 12.1 Å². The number of aliphatic carboxylic acids is 1. The van der Waals surface area contributed by atoms with Crippen molar-refractivity contribution in [2.45, 2.75) is 38.8 Å². The fourth-order valence-corrected chi connectivity index (χ4v) is 3.06. The lowest BCUT2D eigenvalue weighted by atomic mass is 10.1. The number of halogens is 1. The number of unbranched alkanes of at least 4 members (excludes halogenated alkanes) is 1. The quantitative estimate of drug-likeness (QED) is 0.576. The minimum atomic E-state index is -0.854. The zero-order valence-electron chi connectivity index (χ0n) is 15.8. The van der Waals surface area contributed by atoms with Crippen molar-refractivity contribution in [3.63, 3.8) is 0 Å². The number of para-hydroxylation sites is 1. The number of aromatic nitrogens is 2. The van der Waals surface area contributed by atoms with E-state index < -0.39 is 12.0 Å². The largest absolute Gasteiger partial charge is 0.480 e. The summed E-state index contributed by atoms with van der Waals surface area (Å²) in [6, 6.07) is 15.2. The molecule has 1 aromatic heterocycles. The van der Waals surface area contributed by atoms with Gasteiger partial charge < -0.3 is 10.4 Å². The maximum Gasteiger partial charge on any atom is 0.320 e. The Labute approximate surface area is 163 Å². The normalized spacial score (nSPS) is 12.1. The monoisotopic (exact) mass is 381 g/mol. The Bertz CT molecular complexity index is 907. The molecule has 1 heterocycles. The highest BCUT2D eigenvalue weighted by molar-refractivity contribution is 5.73. The molecular weight excluding hydrogens is 357 g/mol. The van der Waals surface area contributed by atoms with Crippen LogP contribution in [0.15, 0.2) is 60.8 Å². The van der Waals surface area contributed by atoms with Crippen LogP contribution in [0, 0.1) is 5.82 Å². The van der Waals surface area contributed by atoms with Crippen molar-refractivity contribution < 1.29 is 14.3 Å². The topological polar surface area (TPSA) is 67.2 Å². The highest BCUT2D eigenvalue weighted by atomic mass is 19.1. The summed E-state index contributed by atoms with van der Waals surface area (Å²) in [6.07, 6.45) is 4.25. The summed E-state index contributed by atoms with van der Waals surface area (Å²) in [5.41, 5.74) is 3.25. The standard InChI is InChI=1S/C22H24FN3O2/c1-2-3-9-20(22(27)28)24-14-17-15-26(19-7-5-4-6-8-19)25-21(17)16-10-12-18(23)13-11-16/h4-8,10-13,15,20,24H,2-3,9,14H2,1H3,(H,27,28)/t20-/m0/s1. The van der Waals surface area contributed by atoms with Crippen LogP contribution in [-0.2, 0) is 11.3 Å². The third-order valence-electron chi connectivity index (χ3n) is 4.61. The van der Waals surface area contributed by atoms with Crippen molar-refractivity contribution in [3.05, 3.63) is 72.2 Å². The second-order valence-corrected chi connectivity index (χ2v) is 6.70. The van der Waals surface area contributed by atoms with Crippen LogP contribution in [0.1, 0.15) is 31.7 Å². The molecule has 0 fully saturated rings. The van der Waals surface area contributed by atoms with Crippen LogP contribution < -0.4 is 5.32 Å². The first kappa shape index (κ1) is 19.8. The Hall–Kier alpha value is -2.99. The van der Waals surface area contributed by atoms with E-state index in [4.69, 9.17) is 0 Å². The first-order valence-electron chi connectivity index (χ1n) is 9.44. The van der Waals surface area contributed by atoms with E-state index >= 15 is 0 Å². The zero-order valence-corrected chi connectivity index (χ0v) is 15.8. The Morgan fingerprint density at radius 3 is 2.54 bits per heavy atom. The van der Waals surface area contributed by atoms with Gasteiger partial charge >= 0.3 is 5.97 Å². The molecule has 0 unspecified atom stereocenters. The fraction of sp³-hybridized carbons (Fsp3) is 0.273. The molecule has 0 saturated heterocycles. The first-order valence-corrected chi connectivity index (χ1v) is 9.44. The van der Waals surface area contributed by atoms with Gasteiger partial charge in [0.2, 0.25) is 0 Å². The van der Waals surface area contributed by atoms with Crippen molar-refractivity contribution in [3.8, 4) is 16.9 Å². The number of carbonyl (C=O) groups is 1. The van der Waals surface area contributed by atoms with Crippen LogP contribution in [0.3, 0.4) is 0 Å². The molecule has 0 aliphatic rings. The van der Waals surface area contributed by atoms with Gasteiger partial charge in [-0.15, -0.1) is 0 Å². The van der Waals surface area contributed by atoms with Crippen molar-refractivity contribution in [2.24, 2.45) is 0 Å². The molecule has 0 aliphatic carbocycles. The van der Waals surface area contributed by atoms with Gasteiger partial charge in [0.1, 0.15) is 11.9 Å². The Kier molecular flexibility index (Phi) is 6.55. The molecule has 0 radical (unpaired) electrons. The highest BCUT2D eigenvalue weighted by Gasteiger charge is 2.18. The SMILES string of the molecule is CCCC[C@H](NCc1cn(-c2ccccc2)nc1-c1ccc(F)cc1)C(=O)O. The van der Waals surface area contributed by atoms with Crippen LogP contribution in [0.2, 0.25) is 0 Å². The van der Waals surface area contributed by atoms with Gasteiger partial charge in [0, 0.05) is 23.9 Å². The maximum atomic E-state index is 13.3. The Morgan fingerprint density at radius 2 is 1.89 bits per heavy atom. The number of rotatable bonds is 9. The highest BCUT2D eigenvalue weighted by Crippen LogP contribution is 2.24. The summed E-state index contributed by atoms with van der Waals surface area (Å²) in [7, 11) is 0. The van der Waals surface area contributed by atoms with Crippen molar-refractivity contribution in [1.29, 1.82) is 0 Å². The van der Waals surface area contributed by atoms with Gasteiger partial charge in [0.05, 0.1) is 11.4 Å². The van der Waals surface area contributed by atoms with E-state index in [2.05, 4.69) is 10.4 Å². The maximum absolute atomic E-state index is 13.3. The lowest BCUT2D eigenvalue weighted by Gasteiger charge is -2.14. The van der Waals surface area contributed by atoms with Gasteiger partial charge in [0.15, 0.2) is 0 Å². The van der Waals surface area contributed by atoms with E-state index in [0.717, 1.165) is 29.7 Å². The number of carboxylic acids is 1. The minimum absolute atomic E-state index is 0.309. The number of hydrogen-bond acceptors (Lipinski definition) is 3. The minimum Gasteiger partial charge on any atom is -0.480 e. The zero-order chi connectivity index (χ0) is 19.9. The number of nitrogens with zero attached hydrogens (tertiary/aromatic N) is 2. The molecule has 1 atom stereocenters. The average molecular weight is 381 g/mol. The van der Waals surface area contributed by atoms with E-state index in [9.17, 15) is 14.3 Å². The molecule has 0 spiro atoms. The second kappa shape index (κ2) is 9.28. The molecule has 3 aromatic rings. The molecule has 6 heteroatoms. The van der Waals surface area contributed by atoms with E-state index in [-0.39, 0.29) is 5.82 Å². The predicted octanol–water partition coefficient (Wildman–Crippen LogP) is 4.41. The van der Waals surface area contributed by atoms with Crippen molar-refractivity contribution in [1.82, 2.24) is 15.1 Å². The summed E-state index contributed by atoms with van der Waals surface area (Å²) in [4.78, 5) is 11.5. The average Bonchev–Trinajstić information content (AvgIpc) is 3.13. The second-order valence-electron chi connectivity index (χ2n) is 6.70. The third-order valence-corrected chi connectivity index (χ3v) is 4.61. The van der Waals surface area contributed by atoms with Crippen LogP contribution in [-0.4, -0.2) is 26.9 Å². The lowest BCUT2D eigenvalue weighted by Crippen LogP contribution is -2.36. The van der Waals surface area contributed by atoms with E-state index in [0.29, 0.717) is 18.7 Å². The van der Waals surface area contributed by atoms with Gasteiger partial charge in [-0.2, -0.15) is 5.10 Å². The summed E-state index contributed by atoms with van der Waals surface area (Å²) >= 11 is 0. The summed E-state index contributed by atoms with van der Waals surface area (Å²) in [6.45, 7) is 2.40. The van der Waals surface area contributed by atoms with Crippen LogP contribution in [0.5, 0.6) is 0 Å². The van der Waals surface area contributed by atoms with Crippen LogP contribution in [0.25, 0.3) is 16.9 Å². The smallest absolute Gasteiger partial charge is 0.320 e. The van der Waals surface area contributed by atoms with Crippen molar-refractivity contribution >= 4 is 5.97 Å². The molecule has 5 nitrogen and oxygen atoms in total. The number of hydrogen-bond donors (Lipinski definition) is 2. The number of benzene rings is 2. The van der Waals surface area contributed by atoms with Gasteiger partial charge in [-0.25, -0.2) is 9.07 Å². The molecule has 0 aliphatic heterocycles. The summed E-state index contributed by atoms with van der Waals surface area (Å²) in [5, 5.41) is 17.3. The van der Waals surface area contributed by atoms with Crippen LogP contribution in [0.4, 0.5) is 4.39 Å².